The number of nitrogens with zero attached hydrogens (tertiary/aromatic N) is 3. The molecule has 0 amide bonds. The van der Waals surface area contributed by atoms with Crippen LogP contribution in [0.15, 0.2) is 30.5 Å². The lowest BCUT2D eigenvalue weighted by atomic mass is 10.3. The lowest BCUT2D eigenvalue weighted by molar-refractivity contribution is 0.288. The molecule has 1 aromatic carbocycles. The SMILES string of the molecule is OCCCc1cn(CCCOc2ccc(F)cc2)nn1. The lowest BCUT2D eigenvalue weighted by Crippen LogP contribution is -2.05. The van der Waals surface area contributed by atoms with Crippen LogP contribution in [-0.4, -0.2) is 33.3 Å². The van der Waals surface area contributed by atoms with Gasteiger partial charge >= 0.3 is 0 Å². The monoisotopic (exact) mass is 279 g/mol. The fraction of sp³-hybridized carbons (Fsp3) is 0.429. The van der Waals surface area contributed by atoms with Crippen molar-refractivity contribution in [1.29, 1.82) is 0 Å². The number of aliphatic hydroxyl groups excluding tert-OH is 1. The van der Waals surface area contributed by atoms with Crippen LogP contribution in [0.3, 0.4) is 0 Å². The molecule has 20 heavy (non-hydrogen) atoms. The summed E-state index contributed by atoms with van der Waals surface area (Å²) in [5.41, 5.74) is 0.888. The summed E-state index contributed by atoms with van der Waals surface area (Å²) in [6, 6.07) is 5.97. The summed E-state index contributed by atoms with van der Waals surface area (Å²) < 4.78 is 20.0. The van der Waals surface area contributed by atoms with Crippen molar-refractivity contribution < 1.29 is 14.2 Å². The standard InChI is InChI=1S/C14H18FN3O2/c15-12-4-6-14(7-5-12)20-10-2-8-18-11-13(16-17-18)3-1-9-19/h4-7,11,19H,1-3,8-10H2. The first-order valence-corrected chi connectivity index (χ1v) is 6.66. The third-order valence-electron chi connectivity index (χ3n) is 2.79. The number of aromatic nitrogens is 3. The second kappa shape index (κ2) is 7.59. The Morgan fingerprint density at radius 3 is 2.75 bits per heavy atom. The van der Waals surface area contributed by atoms with Crippen LogP contribution in [-0.2, 0) is 13.0 Å². The molecule has 0 aliphatic heterocycles. The van der Waals surface area contributed by atoms with Crippen molar-refractivity contribution in [2.75, 3.05) is 13.2 Å². The number of hydrogen-bond donors (Lipinski definition) is 1. The number of hydrogen-bond acceptors (Lipinski definition) is 4. The maximum atomic E-state index is 12.7. The van der Waals surface area contributed by atoms with E-state index in [4.69, 9.17) is 9.84 Å². The molecule has 2 rings (SSSR count). The van der Waals surface area contributed by atoms with Gasteiger partial charge in [0.25, 0.3) is 0 Å². The van der Waals surface area contributed by atoms with E-state index < -0.39 is 0 Å². The molecule has 0 radical (unpaired) electrons. The predicted molar refractivity (Wildman–Crippen MR) is 71.9 cm³/mol. The Morgan fingerprint density at radius 1 is 1.20 bits per heavy atom. The molecule has 0 atom stereocenters. The first-order chi connectivity index (χ1) is 9.78. The molecule has 0 spiro atoms. The van der Waals surface area contributed by atoms with Gasteiger partial charge in [-0.05, 0) is 37.1 Å². The average molecular weight is 279 g/mol. The quantitative estimate of drug-likeness (QED) is 0.749. The van der Waals surface area contributed by atoms with Gasteiger partial charge in [0.15, 0.2) is 0 Å². The molecule has 2 aromatic rings. The molecule has 0 fully saturated rings. The highest BCUT2D eigenvalue weighted by atomic mass is 19.1. The molecule has 0 aliphatic carbocycles. The topological polar surface area (TPSA) is 60.2 Å². The zero-order valence-electron chi connectivity index (χ0n) is 11.2. The van der Waals surface area contributed by atoms with Crippen LogP contribution in [0.25, 0.3) is 0 Å². The van der Waals surface area contributed by atoms with Crippen molar-refractivity contribution >= 4 is 0 Å². The highest BCUT2D eigenvalue weighted by Gasteiger charge is 2.01. The molecule has 1 N–H and O–H groups in total. The zero-order chi connectivity index (χ0) is 14.2. The lowest BCUT2D eigenvalue weighted by Gasteiger charge is -2.05. The molecule has 1 heterocycles. The van der Waals surface area contributed by atoms with E-state index in [1.807, 2.05) is 6.20 Å². The van der Waals surface area contributed by atoms with Gasteiger partial charge in [0, 0.05) is 25.8 Å². The number of halogens is 1. The normalized spacial score (nSPS) is 10.7. The fourth-order valence-corrected chi connectivity index (χ4v) is 1.77. The van der Waals surface area contributed by atoms with Gasteiger partial charge in [-0.2, -0.15) is 0 Å². The Labute approximate surface area is 117 Å². The summed E-state index contributed by atoms with van der Waals surface area (Å²) in [6.45, 7) is 1.42. The molecule has 5 nitrogen and oxygen atoms in total. The summed E-state index contributed by atoms with van der Waals surface area (Å²) in [4.78, 5) is 0. The third-order valence-corrected chi connectivity index (χ3v) is 2.79. The number of aliphatic hydroxyl groups is 1. The van der Waals surface area contributed by atoms with Crippen molar-refractivity contribution in [2.24, 2.45) is 0 Å². The molecule has 0 saturated heterocycles. The highest BCUT2D eigenvalue weighted by molar-refractivity contribution is 5.21. The Kier molecular flexibility index (Phi) is 5.49. The highest BCUT2D eigenvalue weighted by Crippen LogP contribution is 2.11. The van der Waals surface area contributed by atoms with Crippen molar-refractivity contribution in [3.8, 4) is 5.75 Å². The molecule has 0 aliphatic rings. The number of ether oxygens (including phenoxy) is 1. The van der Waals surface area contributed by atoms with Crippen LogP contribution < -0.4 is 4.74 Å². The second-order valence-corrected chi connectivity index (χ2v) is 4.46. The van der Waals surface area contributed by atoms with E-state index in [-0.39, 0.29) is 12.4 Å². The van der Waals surface area contributed by atoms with E-state index in [2.05, 4.69) is 10.3 Å². The Hall–Kier alpha value is -1.95. The summed E-state index contributed by atoms with van der Waals surface area (Å²) >= 11 is 0. The largest absolute Gasteiger partial charge is 0.494 e. The minimum absolute atomic E-state index is 0.165. The molecule has 108 valence electrons. The van der Waals surface area contributed by atoms with Gasteiger partial charge in [-0.1, -0.05) is 5.21 Å². The first-order valence-electron chi connectivity index (χ1n) is 6.66. The van der Waals surface area contributed by atoms with E-state index in [1.54, 1.807) is 16.8 Å². The van der Waals surface area contributed by atoms with Crippen molar-refractivity contribution in [1.82, 2.24) is 15.0 Å². The van der Waals surface area contributed by atoms with Gasteiger partial charge in [0.1, 0.15) is 11.6 Å². The van der Waals surface area contributed by atoms with Gasteiger partial charge in [0.2, 0.25) is 0 Å². The van der Waals surface area contributed by atoms with Crippen LogP contribution in [0, 0.1) is 5.82 Å². The molecular weight excluding hydrogens is 261 g/mol. The van der Waals surface area contributed by atoms with E-state index in [1.165, 1.54) is 12.1 Å². The minimum atomic E-state index is -0.268. The van der Waals surface area contributed by atoms with Crippen molar-refractivity contribution in [2.45, 2.75) is 25.8 Å². The molecular formula is C14H18FN3O2. The third kappa shape index (κ3) is 4.62. The van der Waals surface area contributed by atoms with Crippen molar-refractivity contribution in [3.05, 3.63) is 42.0 Å². The molecule has 0 saturated carbocycles. The van der Waals surface area contributed by atoms with Gasteiger partial charge in [0.05, 0.1) is 12.3 Å². The average Bonchev–Trinajstić information content (AvgIpc) is 2.91. The summed E-state index contributed by atoms with van der Waals surface area (Å²) in [7, 11) is 0. The van der Waals surface area contributed by atoms with Gasteiger partial charge in [-0.15, -0.1) is 5.10 Å². The molecule has 0 unspecified atom stereocenters. The number of rotatable bonds is 8. The van der Waals surface area contributed by atoms with Gasteiger partial charge in [-0.3, -0.25) is 4.68 Å². The maximum Gasteiger partial charge on any atom is 0.123 e. The smallest absolute Gasteiger partial charge is 0.123 e. The molecule has 6 heteroatoms. The second-order valence-electron chi connectivity index (χ2n) is 4.46. The summed E-state index contributed by atoms with van der Waals surface area (Å²) in [5.74, 6) is 0.393. The van der Waals surface area contributed by atoms with E-state index in [0.29, 0.717) is 25.3 Å². The zero-order valence-corrected chi connectivity index (χ0v) is 11.2. The van der Waals surface area contributed by atoms with E-state index >= 15 is 0 Å². The maximum absolute atomic E-state index is 12.7. The number of benzene rings is 1. The first kappa shape index (κ1) is 14.5. The summed E-state index contributed by atoms with van der Waals surface area (Å²) in [5, 5.41) is 16.8. The number of aryl methyl sites for hydroxylation is 2. The van der Waals surface area contributed by atoms with Crippen molar-refractivity contribution in [3.63, 3.8) is 0 Å². The predicted octanol–water partition coefficient (Wildman–Crippen LogP) is 1.81. The van der Waals surface area contributed by atoms with Gasteiger partial charge in [-0.25, -0.2) is 4.39 Å². The Bertz CT molecular complexity index is 513. The Morgan fingerprint density at radius 2 is 2.00 bits per heavy atom. The Balaban J connectivity index is 1.67. The fourth-order valence-electron chi connectivity index (χ4n) is 1.77. The molecule has 0 bridgehead atoms. The minimum Gasteiger partial charge on any atom is -0.494 e. The van der Waals surface area contributed by atoms with Crippen LogP contribution in [0.4, 0.5) is 4.39 Å². The van der Waals surface area contributed by atoms with Crippen LogP contribution >= 0.6 is 0 Å². The van der Waals surface area contributed by atoms with Crippen LogP contribution in [0.1, 0.15) is 18.5 Å². The molecule has 1 aromatic heterocycles. The van der Waals surface area contributed by atoms with Crippen LogP contribution in [0.5, 0.6) is 5.75 Å². The van der Waals surface area contributed by atoms with Crippen LogP contribution in [0.2, 0.25) is 0 Å². The van der Waals surface area contributed by atoms with E-state index in [0.717, 1.165) is 18.5 Å². The van der Waals surface area contributed by atoms with E-state index in [9.17, 15) is 4.39 Å². The summed E-state index contributed by atoms with van der Waals surface area (Å²) in [6.07, 6.45) is 4.11. The van der Waals surface area contributed by atoms with Gasteiger partial charge < -0.3 is 9.84 Å².